The number of aromatic carboxylic acids is 1. The molecular weight excluding hydrogens is 575 g/mol. The van der Waals surface area contributed by atoms with Crippen molar-refractivity contribution in [2.75, 3.05) is 13.1 Å². The van der Waals surface area contributed by atoms with Crippen LogP contribution in [0.15, 0.2) is 54.9 Å². The van der Waals surface area contributed by atoms with Crippen molar-refractivity contribution in [3.63, 3.8) is 0 Å². The number of nitrogens with zero attached hydrogens (tertiary/aromatic N) is 8. The van der Waals surface area contributed by atoms with E-state index in [0.717, 1.165) is 54.2 Å². The van der Waals surface area contributed by atoms with E-state index >= 15 is 0 Å². The van der Waals surface area contributed by atoms with Crippen molar-refractivity contribution in [1.29, 1.82) is 0 Å². The Balaban J connectivity index is 1.14. The van der Waals surface area contributed by atoms with Crippen LogP contribution in [0.1, 0.15) is 58.8 Å². The quantitative estimate of drug-likeness (QED) is 0.236. The molecule has 43 heavy (non-hydrogen) atoms. The summed E-state index contributed by atoms with van der Waals surface area (Å²) in [5.41, 5.74) is 3.93. The summed E-state index contributed by atoms with van der Waals surface area (Å²) in [6.07, 6.45) is 5.18. The van der Waals surface area contributed by atoms with Crippen molar-refractivity contribution in [1.82, 2.24) is 39.4 Å². The van der Waals surface area contributed by atoms with E-state index in [1.165, 1.54) is 6.07 Å². The second kappa shape index (κ2) is 12.4. The fourth-order valence-electron chi connectivity index (χ4n) is 5.45. The second-order valence-corrected chi connectivity index (χ2v) is 10.9. The Morgan fingerprint density at radius 1 is 1.12 bits per heavy atom. The molecule has 3 aromatic heterocycles. The van der Waals surface area contributed by atoms with E-state index in [0.29, 0.717) is 30.2 Å². The third-order valence-corrected chi connectivity index (χ3v) is 8.02. The van der Waals surface area contributed by atoms with Gasteiger partial charge in [0.2, 0.25) is 0 Å². The van der Waals surface area contributed by atoms with E-state index in [9.17, 15) is 14.3 Å². The fraction of sp³-hybridized carbons (Fsp3) is 0.333. The minimum absolute atomic E-state index is 0.00889. The number of piperidine rings is 1. The molecule has 2 aromatic carbocycles. The van der Waals surface area contributed by atoms with Gasteiger partial charge in [-0.2, -0.15) is 4.98 Å². The molecule has 4 heterocycles. The molecule has 0 radical (unpaired) electrons. The molecule has 0 aliphatic carbocycles. The summed E-state index contributed by atoms with van der Waals surface area (Å²) in [4.78, 5) is 27.8. The number of likely N-dealkylation sites (tertiary alicyclic amines) is 1. The van der Waals surface area contributed by atoms with Gasteiger partial charge in [-0.3, -0.25) is 4.90 Å². The highest BCUT2D eigenvalue weighted by atomic mass is 35.5. The van der Waals surface area contributed by atoms with E-state index < -0.39 is 11.8 Å². The van der Waals surface area contributed by atoms with Crippen molar-refractivity contribution >= 4 is 28.6 Å². The number of rotatable bonds is 10. The van der Waals surface area contributed by atoms with Gasteiger partial charge >= 0.3 is 12.0 Å². The maximum atomic E-state index is 14.1. The highest BCUT2D eigenvalue weighted by molar-refractivity contribution is 6.30. The molecule has 1 N–H and O–H groups in total. The number of hydrogen-bond acceptors (Lipinski definition) is 8. The Morgan fingerprint density at radius 2 is 1.95 bits per heavy atom. The second-order valence-electron chi connectivity index (χ2n) is 10.5. The highest BCUT2D eigenvalue weighted by Crippen LogP contribution is 2.29. The topological polar surface area (TPSA) is 124 Å². The first-order chi connectivity index (χ1) is 20.9. The van der Waals surface area contributed by atoms with Crippen molar-refractivity contribution in [3.8, 4) is 6.01 Å². The molecule has 0 amide bonds. The van der Waals surface area contributed by atoms with Crippen LogP contribution < -0.4 is 4.74 Å². The van der Waals surface area contributed by atoms with Gasteiger partial charge in [-0.25, -0.2) is 23.8 Å². The Bertz CT molecular complexity index is 1770. The molecule has 1 aliphatic rings. The van der Waals surface area contributed by atoms with Gasteiger partial charge in [-0.1, -0.05) is 22.9 Å². The number of carboxylic acids is 1. The van der Waals surface area contributed by atoms with Gasteiger partial charge in [-0.05, 0) is 69.3 Å². The van der Waals surface area contributed by atoms with Crippen LogP contribution in [0.5, 0.6) is 6.01 Å². The van der Waals surface area contributed by atoms with E-state index in [1.807, 2.05) is 17.7 Å². The van der Waals surface area contributed by atoms with Crippen LogP contribution in [0.25, 0.3) is 11.0 Å². The first-order valence-electron chi connectivity index (χ1n) is 14.1. The van der Waals surface area contributed by atoms with Crippen LogP contribution in [-0.4, -0.2) is 63.6 Å². The highest BCUT2D eigenvalue weighted by Gasteiger charge is 2.25. The van der Waals surface area contributed by atoms with E-state index in [1.54, 1.807) is 42.7 Å². The molecule has 5 aromatic rings. The summed E-state index contributed by atoms with van der Waals surface area (Å²) in [6.45, 7) is 5.45. The predicted octanol–water partition coefficient (Wildman–Crippen LogP) is 4.94. The van der Waals surface area contributed by atoms with E-state index in [-0.39, 0.29) is 24.1 Å². The molecular formula is C30H30ClFN8O3. The average Bonchev–Trinajstić information content (AvgIpc) is 3.61. The monoisotopic (exact) mass is 604 g/mol. The summed E-state index contributed by atoms with van der Waals surface area (Å²) < 4.78 is 23.7. The van der Waals surface area contributed by atoms with Gasteiger partial charge in [0.05, 0.1) is 47.3 Å². The average molecular weight is 605 g/mol. The molecule has 0 unspecified atom stereocenters. The molecule has 0 spiro atoms. The van der Waals surface area contributed by atoms with E-state index in [4.69, 9.17) is 21.3 Å². The van der Waals surface area contributed by atoms with Gasteiger partial charge in [-0.15, -0.1) is 5.10 Å². The molecule has 1 aliphatic heterocycles. The van der Waals surface area contributed by atoms with Crippen molar-refractivity contribution in [3.05, 3.63) is 94.0 Å². The summed E-state index contributed by atoms with van der Waals surface area (Å²) in [5.74, 6) is -0.323. The lowest BCUT2D eigenvalue weighted by atomic mass is 9.93. The number of imidazole rings is 1. The number of benzene rings is 2. The first kappa shape index (κ1) is 28.7. The van der Waals surface area contributed by atoms with Gasteiger partial charge in [0.15, 0.2) is 0 Å². The summed E-state index contributed by atoms with van der Waals surface area (Å²) in [7, 11) is 0. The predicted molar refractivity (Wildman–Crippen MR) is 157 cm³/mol. The lowest BCUT2D eigenvalue weighted by molar-refractivity contribution is 0.0697. The number of ether oxygens (including phenoxy) is 1. The minimum atomic E-state index is -0.978. The summed E-state index contributed by atoms with van der Waals surface area (Å²) in [5, 5.41) is 18.1. The number of hydrogen-bond donors (Lipinski definition) is 1. The van der Waals surface area contributed by atoms with Crippen LogP contribution in [-0.2, 0) is 26.2 Å². The third kappa shape index (κ3) is 6.35. The number of halogens is 2. The molecule has 6 rings (SSSR count). The van der Waals surface area contributed by atoms with Gasteiger partial charge in [0.25, 0.3) is 0 Å². The van der Waals surface area contributed by atoms with Crippen LogP contribution in [0, 0.1) is 5.82 Å². The number of aromatic nitrogens is 7. The maximum absolute atomic E-state index is 14.1. The van der Waals surface area contributed by atoms with Gasteiger partial charge in [0, 0.05) is 29.2 Å². The summed E-state index contributed by atoms with van der Waals surface area (Å²) >= 11 is 5.84. The minimum Gasteiger partial charge on any atom is -0.478 e. The molecule has 0 bridgehead atoms. The Kier molecular flexibility index (Phi) is 8.30. The third-order valence-electron chi connectivity index (χ3n) is 7.79. The zero-order chi connectivity index (χ0) is 29.9. The zero-order valence-corrected chi connectivity index (χ0v) is 24.3. The molecule has 0 atom stereocenters. The molecule has 1 fully saturated rings. The van der Waals surface area contributed by atoms with Crippen LogP contribution in [0.3, 0.4) is 0 Å². The smallest absolute Gasteiger partial charge is 0.335 e. The summed E-state index contributed by atoms with van der Waals surface area (Å²) in [6, 6.07) is 11.6. The van der Waals surface area contributed by atoms with Crippen LogP contribution >= 0.6 is 11.6 Å². The number of fused-ring (bicyclic) bond motifs is 1. The van der Waals surface area contributed by atoms with Crippen molar-refractivity contribution in [2.45, 2.75) is 51.9 Å². The lowest BCUT2D eigenvalue weighted by Gasteiger charge is -2.31. The van der Waals surface area contributed by atoms with Gasteiger partial charge < -0.3 is 14.4 Å². The number of aryl methyl sites for hydroxylation is 1. The molecule has 11 nitrogen and oxygen atoms in total. The molecule has 1 saturated heterocycles. The molecule has 13 heteroatoms. The molecule has 0 saturated carbocycles. The normalized spacial score (nSPS) is 14.4. The molecule has 222 valence electrons. The zero-order valence-electron chi connectivity index (χ0n) is 23.5. The van der Waals surface area contributed by atoms with E-state index in [2.05, 4.69) is 29.7 Å². The SMILES string of the molecule is CCn1nncc1Cn1c(CN2CCC(c3ccnc(OCc4ccc(Cl)cc4F)n3)CC2)nc2ccc(C(=O)O)cc21. The van der Waals surface area contributed by atoms with Crippen molar-refractivity contribution < 1.29 is 19.0 Å². The largest absolute Gasteiger partial charge is 0.478 e. The van der Waals surface area contributed by atoms with Crippen LogP contribution in [0.4, 0.5) is 4.39 Å². The Labute approximate surface area is 251 Å². The first-order valence-corrected chi connectivity index (χ1v) is 14.5. The van der Waals surface area contributed by atoms with Crippen LogP contribution in [0.2, 0.25) is 5.02 Å². The number of carboxylic acid groups (broad SMARTS) is 1. The van der Waals surface area contributed by atoms with Crippen molar-refractivity contribution in [2.24, 2.45) is 0 Å². The Hall–Kier alpha value is -4.42. The Morgan fingerprint density at radius 3 is 2.72 bits per heavy atom. The fourth-order valence-corrected chi connectivity index (χ4v) is 5.61. The van der Waals surface area contributed by atoms with Gasteiger partial charge in [0.1, 0.15) is 18.2 Å². The maximum Gasteiger partial charge on any atom is 0.335 e. The number of carbonyl (C=O) groups is 1. The standard InChI is InChI=1S/C30H30ClFN8O3/c1-2-40-23(15-34-37-40)16-39-27-13-20(29(41)42)4-6-26(27)35-28(39)17-38-11-8-19(9-12-38)25-7-10-33-30(36-25)43-18-21-3-5-22(31)14-24(21)32/h3-7,10,13-15,19H,2,8-9,11-12,16-18H2,1H3,(H,41,42). The lowest BCUT2D eigenvalue weighted by Crippen LogP contribution is -2.33.